The number of hydrogen-bond donors (Lipinski definition) is 1. The van der Waals surface area contributed by atoms with Gasteiger partial charge in [0.2, 0.25) is 0 Å². The van der Waals surface area contributed by atoms with Crippen molar-refractivity contribution in [1.82, 2.24) is 5.32 Å². The van der Waals surface area contributed by atoms with Crippen LogP contribution in [-0.2, 0) is 16.4 Å². The number of amides is 1. The molecule has 146 valence electrons. The van der Waals surface area contributed by atoms with Crippen molar-refractivity contribution in [3.05, 3.63) is 83.8 Å². The average Bonchev–Trinajstić information content (AvgIpc) is 3.15. The van der Waals surface area contributed by atoms with Crippen molar-refractivity contribution in [2.24, 2.45) is 0 Å². The molecule has 1 unspecified atom stereocenters. The van der Waals surface area contributed by atoms with Crippen LogP contribution >= 0.6 is 0 Å². The monoisotopic (exact) mass is 399 g/mol. The van der Waals surface area contributed by atoms with Crippen molar-refractivity contribution >= 4 is 15.7 Å². The van der Waals surface area contributed by atoms with E-state index in [1.807, 2.05) is 37.3 Å². The van der Waals surface area contributed by atoms with Crippen molar-refractivity contribution in [1.29, 1.82) is 0 Å². The second kappa shape index (κ2) is 8.31. The van der Waals surface area contributed by atoms with E-state index < -0.39 is 9.84 Å². The highest BCUT2D eigenvalue weighted by Crippen LogP contribution is 2.19. The van der Waals surface area contributed by atoms with Gasteiger partial charge in [-0.1, -0.05) is 30.3 Å². The quantitative estimate of drug-likeness (QED) is 0.654. The summed E-state index contributed by atoms with van der Waals surface area (Å²) in [6.45, 7) is 2.02. The van der Waals surface area contributed by atoms with Gasteiger partial charge in [0.25, 0.3) is 5.91 Å². The minimum atomic E-state index is -3.25. The van der Waals surface area contributed by atoms with Crippen LogP contribution in [-0.4, -0.2) is 20.6 Å². The van der Waals surface area contributed by atoms with Crippen molar-refractivity contribution in [2.75, 3.05) is 6.26 Å². The Balaban J connectivity index is 1.65. The van der Waals surface area contributed by atoms with E-state index in [2.05, 4.69) is 5.32 Å². The van der Waals surface area contributed by atoms with Crippen LogP contribution in [0.3, 0.4) is 0 Å². The maximum atomic E-state index is 12.6. The maximum absolute atomic E-state index is 12.6. The number of nitrogens with one attached hydrogen (secondary N) is 1. The van der Waals surface area contributed by atoms with E-state index >= 15 is 0 Å². The highest BCUT2D eigenvalue weighted by atomic mass is 32.2. The van der Waals surface area contributed by atoms with Crippen LogP contribution in [0, 0.1) is 0 Å². The van der Waals surface area contributed by atoms with Gasteiger partial charge in [0.15, 0.2) is 15.6 Å². The summed E-state index contributed by atoms with van der Waals surface area (Å²) in [5.74, 6) is 0.529. The minimum absolute atomic E-state index is 0.190. The number of benzene rings is 2. The van der Waals surface area contributed by atoms with Gasteiger partial charge in [-0.25, -0.2) is 8.42 Å². The van der Waals surface area contributed by atoms with Gasteiger partial charge in [-0.3, -0.25) is 4.79 Å². The van der Waals surface area contributed by atoms with E-state index in [1.165, 1.54) is 18.4 Å². The number of carbonyl (C=O) groups excluding carboxylic acids is 1. The molecule has 0 aliphatic heterocycles. The van der Waals surface area contributed by atoms with E-state index in [9.17, 15) is 13.2 Å². The first-order chi connectivity index (χ1) is 13.3. The minimum Gasteiger partial charge on any atom is -0.489 e. The maximum Gasteiger partial charge on any atom is 0.287 e. The summed E-state index contributed by atoms with van der Waals surface area (Å²) in [7, 11) is -3.25. The van der Waals surface area contributed by atoms with Crippen LogP contribution in [0.15, 0.2) is 76.2 Å². The van der Waals surface area contributed by atoms with Crippen LogP contribution < -0.4 is 10.1 Å². The number of sulfone groups is 1. The third-order valence-electron chi connectivity index (χ3n) is 4.25. The van der Waals surface area contributed by atoms with E-state index in [4.69, 9.17) is 9.15 Å². The fraction of sp³-hybridized carbons (Fsp3) is 0.190. The molecule has 2 aromatic carbocycles. The number of furan rings is 1. The molecule has 1 atom stereocenters. The molecule has 3 rings (SSSR count). The first-order valence-corrected chi connectivity index (χ1v) is 10.6. The zero-order valence-electron chi connectivity index (χ0n) is 15.6. The summed E-state index contributed by atoms with van der Waals surface area (Å²) < 4.78 is 34.1. The lowest BCUT2D eigenvalue weighted by Crippen LogP contribution is -2.27. The third kappa shape index (κ3) is 4.80. The zero-order valence-corrected chi connectivity index (χ0v) is 16.4. The number of rotatable bonds is 7. The molecule has 0 spiro atoms. The van der Waals surface area contributed by atoms with Crippen LogP contribution in [0.2, 0.25) is 0 Å². The van der Waals surface area contributed by atoms with E-state index in [1.54, 1.807) is 18.2 Å². The second-order valence-electron chi connectivity index (χ2n) is 6.41. The largest absolute Gasteiger partial charge is 0.489 e. The molecule has 0 saturated heterocycles. The summed E-state index contributed by atoms with van der Waals surface area (Å²) in [6, 6.07) is 17.1. The Morgan fingerprint density at radius 1 is 1.07 bits per heavy atom. The Labute approximate surface area is 164 Å². The van der Waals surface area contributed by atoms with Crippen molar-refractivity contribution in [2.45, 2.75) is 24.5 Å². The highest BCUT2D eigenvalue weighted by Gasteiger charge is 2.19. The SMILES string of the molecule is CC(NC(=O)c1occc1COc1ccccc1)c1ccc(S(C)(=O)=O)cc1. The van der Waals surface area contributed by atoms with Crippen molar-refractivity contribution in [3.8, 4) is 5.75 Å². The highest BCUT2D eigenvalue weighted by molar-refractivity contribution is 7.90. The van der Waals surface area contributed by atoms with Gasteiger partial charge in [0.1, 0.15) is 12.4 Å². The topological polar surface area (TPSA) is 85.6 Å². The molecular formula is C21H21NO5S. The van der Waals surface area contributed by atoms with Gasteiger partial charge in [-0.2, -0.15) is 0 Å². The summed E-state index contributed by atoms with van der Waals surface area (Å²) >= 11 is 0. The van der Waals surface area contributed by atoms with Crippen molar-refractivity contribution < 1.29 is 22.4 Å². The average molecular weight is 399 g/mol. The summed E-state index contributed by atoms with van der Waals surface area (Å²) in [5.41, 5.74) is 1.43. The first kappa shape index (κ1) is 19.7. The molecule has 0 aliphatic carbocycles. The normalized spacial score (nSPS) is 12.4. The van der Waals surface area contributed by atoms with E-state index in [0.717, 1.165) is 11.8 Å². The molecule has 6 nitrogen and oxygen atoms in total. The Kier molecular flexibility index (Phi) is 5.84. The lowest BCUT2D eigenvalue weighted by atomic mass is 10.1. The summed E-state index contributed by atoms with van der Waals surface area (Å²) in [6.07, 6.45) is 2.60. The predicted molar refractivity (Wildman–Crippen MR) is 105 cm³/mol. The molecule has 0 fully saturated rings. The Morgan fingerprint density at radius 2 is 1.75 bits per heavy atom. The number of ether oxygens (including phenoxy) is 1. The Hall–Kier alpha value is -3.06. The standard InChI is InChI=1S/C21H21NO5S/c1-15(16-8-10-19(11-9-16)28(2,24)25)22-21(23)20-17(12-13-26-20)14-27-18-6-4-3-5-7-18/h3-13,15H,14H2,1-2H3,(H,22,23). The van der Waals surface area contributed by atoms with Gasteiger partial charge in [-0.15, -0.1) is 0 Å². The van der Waals surface area contributed by atoms with Crippen molar-refractivity contribution in [3.63, 3.8) is 0 Å². The molecule has 1 N–H and O–H groups in total. The molecule has 3 aromatic rings. The summed E-state index contributed by atoms with van der Waals surface area (Å²) in [4.78, 5) is 12.8. The fourth-order valence-corrected chi connectivity index (χ4v) is 3.31. The van der Waals surface area contributed by atoms with Gasteiger partial charge in [0, 0.05) is 11.8 Å². The van der Waals surface area contributed by atoms with Crippen LogP contribution in [0.1, 0.15) is 34.6 Å². The smallest absolute Gasteiger partial charge is 0.287 e. The van der Waals surface area contributed by atoms with Crippen LogP contribution in [0.25, 0.3) is 0 Å². The van der Waals surface area contributed by atoms with Crippen LogP contribution in [0.4, 0.5) is 0 Å². The molecule has 0 radical (unpaired) electrons. The predicted octanol–water partition coefficient (Wildman–Crippen LogP) is 3.75. The Morgan fingerprint density at radius 3 is 2.39 bits per heavy atom. The summed E-state index contributed by atoms with van der Waals surface area (Å²) in [5, 5.41) is 2.86. The molecule has 0 bridgehead atoms. The van der Waals surface area contributed by atoms with Gasteiger partial charge in [0.05, 0.1) is 17.2 Å². The number of carbonyl (C=O) groups is 1. The molecule has 28 heavy (non-hydrogen) atoms. The molecule has 1 aromatic heterocycles. The lowest BCUT2D eigenvalue weighted by Gasteiger charge is -2.14. The fourth-order valence-electron chi connectivity index (χ4n) is 2.68. The number of para-hydroxylation sites is 1. The van der Waals surface area contributed by atoms with Gasteiger partial charge < -0.3 is 14.5 Å². The third-order valence-corrected chi connectivity index (χ3v) is 5.37. The van der Waals surface area contributed by atoms with Gasteiger partial charge in [-0.05, 0) is 42.8 Å². The van der Waals surface area contributed by atoms with E-state index in [-0.39, 0.29) is 29.2 Å². The molecule has 7 heteroatoms. The first-order valence-electron chi connectivity index (χ1n) is 8.69. The molecular weight excluding hydrogens is 378 g/mol. The second-order valence-corrected chi connectivity index (χ2v) is 8.43. The number of hydrogen-bond acceptors (Lipinski definition) is 5. The Bertz CT molecular complexity index is 1040. The van der Waals surface area contributed by atoms with E-state index in [0.29, 0.717) is 11.3 Å². The molecule has 0 saturated carbocycles. The molecule has 1 heterocycles. The molecule has 0 aliphatic rings. The zero-order chi connectivity index (χ0) is 20.1. The lowest BCUT2D eigenvalue weighted by molar-refractivity contribution is 0.0908. The molecule has 1 amide bonds. The van der Waals surface area contributed by atoms with Gasteiger partial charge >= 0.3 is 0 Å². The van der Waals surface area contributed by atoms with Crippen LogP contribution in [0.5, 0.6) is 5.75 Å².